The van der Waals surface area contributed by atoms with E-state index in [1.807, 2.05) is 11.8 Å². The number of ether oxygens (including phenoxy) is 2. The lowest BCUT2D eigenvalue weighted by Crippen LogP contribution is -2.48. The van der Waals surface area contributed by atoms with Crippen LogP contribution in [0.25, 0.3) is 0 Å². The Bertz CT molecular complexity index is 841. The number of esters is 1. The number of halogens is 1. The van der Waals surface area contributed by atoms with E-state index in [-0.39, 0.29) is 6.03 Å². The van der Waals surface area contributed by atoms with Crippen molar-refractivity contribution in [3.63, 3.8) is 0 Å². The van der Waals surface area contributed by atoms with Gasteiger partial charge in [0.15, 0.2) is 6.10 Å². The molecule has 0 aromatic heterocycles. The molecule has 2 unspecified atom stereocenters. The van der Waals surface area contributed by atoms with Crippen molar-refractivity contribution in [1.29, 1.82) is 0 Å². The standard InChI is InChI=1S/C22H30ClN3O5/c1-14-11-18(19(30-3)12-17(14)23)24-20(27)15(2)31-21(28)16-7-6-10-26(13-16)22(29)25-8-4-5-9-25/h11-12,15-16H,4-10,13H2,1-3H3,(H,24,27). The Kier molecular flexibility index (Phi) is 7.64. The van der Waals surface area contributed by atoms with Crippen molar-refractivity contribution in [2.45, 2.75) is 45.6 Å². The zero-order chi connectivity index (χ0) is 22.5. The molecule has 0 spiro atoms. The third-order valence-corrected chi connectivity index (χ3v) is 6.21. The molecule has 2 fully saturated rings. The first-order chi connectivity index (χ1) is 14.8. The summed E-state index contributed by atoms with van der Waals surface area (Å²) in [6, 6.07) is 3.32. The van der Waals surface area contributed by atoms with Crippen LogP contribution in [0.4, 0.5) is 10.5 Å². The SMILES string of the molecule is COc1cc(Cl)c(C)cc1NC(=O)C(C)OC(=O)C1CCCN(C(=O)N2CCCC2)C1. The number of hydrogen-bond donors (Lipinski definition) is 1. The minimum Gasteiger partial charge on any atom is -0.495 e. The molecule has 3 rings (SSSR count). The zero-order valence-corrected chi connectivity index (χ0v) is 19.0. The summed E-state index contributed by atoms with van der Waals surface area (Å²) in [7, 11) is 1.48. The van der Waals surface area contributed by atoms with Crippen LogP contribution in [0.3, 0.4) is 0 Å². The average molecular weight is 452 g/mol. The van der Waals surface area contributed by atoms with Crippen molar-refractivity contribution < 1.29 is 23.9 Å². The summed E-state index contributed by atoms with van der Waals surface area (Å²) in [5.74, 6) is -0.927. The Balaban J connectivity index is 1.56. The largest absolute Gasteiger partial charge is 0.495 e. The molecule has 2 aliphatic heterocycles. The number of carbonyl (C=O) groups excluding carboxylic acids is 3. The Labute approximate surface area is 187 Å². The molecule has 2 saturated heterocycles. The van der Waals surface area contributed by atoms with Gasteiger partial charge >= 0.3 is 12.0 Å². The van der Waals surface area contributed by atoms with Gasteiger partial charge in [-0.2, -0.15) is 0 Å². The highest BCUT2D eigenvalue weighted by Crippen LogP contribution is 2.31. The van der Waals surface area contributed by atoms with Crippen LogP contribution in [0.2, 0.25) is 5.02 Å². The van der Waals surface area contributed by atoms with Crippen molar-refractivity contribution in [3.8, 4) is 5.75 Å². The van der Waals surface area contributed by atoms with Crippen LogP contribution in [0.1, 0.15) is 38.2 Å². The fraction of sp³-hybridized carbons (Fsp3) is 0.591. The quantitative estimate of drug-likeness (QED) is 0.692. The van der Waals surface area contributed by atoms with Crippen LogP contribution in [-0.4, -0.2) is 67.1 Å². The number of rotatable bonds is 5. The van der Waals surface area contributed by atoms with E-state index in [0.717, 1.165) is 37.9 Å². The monoisotopic (exact) mass is 451 g/mol. The third-order valence-electron chi connectivity index (χ3n) is 5.80. The van der Waals surface area contributed by atoms with Gasteiger partial charge in [-0.3, -0.25) is 9.59 Å². The Morgan fingerprint density at radius 1 is 1.13 bits per heavy atom. The molecule has 0 bridgehead atoms. The number of methoxy groups -OCH3 is 1. The number of aryl methyl sites for hydroxylation is 1. The van der Waals surface area contributed by atoms with Gasteiger partial charge in [0.05, 0.1) is 18.7 Å². The van der Waals surface area contributed by atoms with Crippen molar-refractivity contribution in [2.24, 2.45) is 5.92 Å². The van der Waals surface area contributed by atoms with Crippen LogP contribution < -0.4 is 10.1 Å². The molecule has 0 saturated carbocycles. The van der Waals surface area contributed by atoms with E-state index in [9.17, 15) is 14.4 Å². The number of hydrogen-bond acceptors (Lipinski definition) is 5. The van der Waals surface area contributed by atoms with Gasteiger partial charge in [0.1, 0.15) is 5.75 Å². The first-order valence-electron chi connectivity index (χ1n) is 10.7. The third kappa shape index (κ3) is 5.61. The molecule has 8 nitrogen and oxygen atoms in total. The molecule has 2 heterocycles. The predicted molar refractivity (Wildman–Crippen MR) is 117 cm³/mol. The van der Waals surface area contributed by atoms with Crippen LogP contribution in [-0.2, 0) is 14.3 Å². The minimum atomic E-state index is -0.988. The number of likely N-dealkylation sites (tertiary alicyclic amines) is 2. The molecule has 3 amide bonds. The lowest BCUT2D eigenvalue weighted by atomic mass is 9.98. The molecule has 2 atom stereocenters. The molecule has 0 radical (unpaired) electrons. The van der Waals surface area contributed by atoms with Gasteiger partial charge in [-0.1, -0.05) is 11.6 Å². The molecular weight excluding hydrogens is 422 g/mol. The van der Waals surface area contributed by atoms with Crippen LogP contribution in [0.5, 0.6) is 5.75 Å². The molecular formula is C22H30ClN3O5. The van der Waals surface area contributed by atoms with Crippen molar-refractivity contribution in [3.05, 3.63) is 22.7 Å². The molecule has 9 heteroatoms. The number of urea groups is 1. The van der Waals surface area contributed by atoms with Crippen molar-refractivity contribution in [1.82, 2.24) is 9.80 Å². The topological polar surface area (TPSA) is 88.2 Å². The molecule has 31 heavy (non-hydrogen) atoms. The van der Waals surface area contributed by atoms with Gasteiger partial charge < -0.3 is 24.6 Å². The molecule has 2 aliphatic rings. The lowest BCUT2D eigenvalue weighted by molar-refractivity contribution is -0.158. The van der Waals surface area contributed by atoms with E-state index < -0.39 is 23.9 Å². The predicted octanol–water partition coefficient (Wildman–Crippen LogP) is 3.46. The van der Waals surface area contributed by atoms with Crippen molar-refractivity contribution >= 4 is 35.2 Å². The molecule has 0 aliphatic carbocycles. The van der Waals surface area contributed by atoms with E-state index >= 15 is 0 Å². The fourth-order valence-electron chi connectivity index (χ4n) is 3.94. The number of amides is 3. The van der Waals surface area contributed by atoms with Gasteiger partial charge in [-0.05, 0) is 51.2 Å². The summed E-state index contributed by atoms with van der Waals surface area (Å²) >= 11 is 6.10. The van der Waals surface area contributed by atoms with Gasteiger partial charge in [-0.25, -0.2) is 4.79 Å². The second-order valence-electron chi connectivity index (χ2n) is 8.13. The van der Waals surface area contributed by atoms with Crippen LogP contribution in [0.15, 0.2) is 12.1 Å². The number of piperidine rings is 1. The highest BCUT2D eigenvalue weighted by atomic mass is 35.5. The van der Waals surface area contributed by atoms with E-state index in [4.69, 9.17) is 21.1 Å². The number of carbonyl (C=O) groups is 3. The maximum Gasteiger partial charge on any atom is 0.320 e. The molecule has 170 valence electrons. The van der Waals surface area contributed by atoms with E-state index in [0.29, 0.717) is 36.0 Å². The van der Waals surface area contributed by atoms with Crippen LogP contribution >= 0.6 is 11.6 Å². The number of nitrogens with one attached hydrogen (secondary N) is 1. The zero-order valence-electron chi connectivity index (χ0n) is 18.3. The summed E-state index contributed by atoms with van der Waals surface area (Å²) in [4.78, 5) is 41.5. The Hall–Kier alpha value is -2.48. The van der Waals surface area contributed by atoms with E-state index in [1.165, 1.54) is 14.0 Å². The summed E-state index contributed by atoms with van der Waals surface area (Å²) in [6.45, 7) is 5.86. The molecule has 1 aromatic carbocycles. The second-order valence-corrected chi connectivity index (χ2v) is 8.54. The maximum atomic E-state index is 12.7. The van der Waals surface area contributed by atoms with Crippen LogP contribution in [0, 0.1) is 12.8 Å². The summed E-state index contributed by atoms with van der Waals surface area (Å²) in [6.07, 6.45) is 2.44. The minimum absolute atomic E-state index is 0.00834. The highest BCUT2D eigenvalue weighted by molar-refractivity contribution is 6.31. The van der Waals surface area contributed by atoms with Gasteiger partial charge in [-0.15, -0.1) is 0 Å². The number of benzene rings is 1. The van der Waals surface area contributed by atoms with Crippen molar-refractivity contribution in [2.75, 3.05) is 38.6 Å². The molecule has 1 aromatic rings. The number of anilines is 1. The maximum absolute atomic E-state index is 12.7. The van der Waals surface area contributed by atoms with E-state index in [2.05, 4.69) is 5.32 Å². The fourth-order valence-corrected chi connectivity index (χ4v) is 4.09. The van der Waals surface area contributed by atoms with Gasteiger partial charge in [0.25, 0.3) is 5.91 Å². The summed E-state index contributed by atoms with van der Waals surface area (Å²) < 4.78 is 10.7. The Morgan fingerprint density at radius 2 is 1.81 bits per heavy atom. The molecule has 1 N–H and O–H groups in total. The summed E-state index contributed by atoms with van der Waals surface area (Å²) in [5.41, 5.74) is 1.24. The highest BCUT2D eigenvalue weighted by Gasteiger charge is 2.33. The second kappa shape index (κ2) is 10.2. The summed E-state index contributed by atoms with van der Waals surface area (Å²) in [5, 5.41) is 3.26. The Morgan fingerprint density at radius 3 is 2.48 bits per heavy atom. The average Bonchev–Trinajstić information content (AvgIpc) is 3.30. The first kappa shape index (κ1) is 23.2. The number of nitrogens with zero attached hydrogens (tertiary/aromatic N) is 2. The first-order valence-corrected chi connectivity index (χ1v) is 11.1. The van der Waals surface area contributed by atoms with Gasteiger partial charge in [0.2, 0.25) is 0 Å². The lowest BCUT2D eigenvalue weighted by Gasteiger charge is -2.34. The normalized spacial score (nSPS) is 19.7. The van der Waals surface area contributed by atoms with E-state index in [1.54, 1.807) is 17.0 Å². The van der Waals surface area contributed by atoms with Gasteiger partial charge in [0, 0.05) is 37.3 Å². The smallest absolute Gasteiger partial charge is 0.320 e.